The maximum Gasteiger partial charge on any atom is 0.261 e. The van der Waals surface area contributed by atoms with Crippen LogP contribution in [0, 0.1) is 0 Å². The van der Waals surface area contributed by atoms with Crippen molar-refractivity contribution >= 4 is 21.6 Å². The van der Waals surface area contributed by atoms with Gasteiger partial charge in [0.2, 0.25) is 15.9 Å². The Labute approximate surface area is 152 Å². The largest absolute Gasteiger partial charge is 0.492 e. The fourth-order valence-electron chi connectivity index (χ4n) is 2.18. The lowest BCUT2D eigenvalue weighted by atomic mass is 10.2. The molecule has 0 unspecified atom stereocenters. The molecule has 8 nitrogen and oxygen atoms in total. The summed E-state index contributed by atoms with van der Waals surface area (Å²) in [5.41, 5.74) is 0.547. The van der Waals surface area contributed by atoms with Crippen LogP contribution in [0.4, 0.5) is 5.69 Å². The predicted octanol–water partition coefficient (Wildman–Crippen LogP) is 1.99. The van der Waals surface area contributed by atoms with Crippen molar-refractivity contribution in [3.05, 3.63) is 42.1 Å². The van der Waals surface area contributed by atoms with E-state index in [0.717, 1.165) is 4.31 Å². The Hall–Kier alpha value is -2.65. The van der Waals surface area contributed by atoms with Crippen LogP contribution in [0.5, 0.6) is 11.6 Å². The Morgan fingerprint density at radius 3 is 2.62 bits per heavy atom. The Bertz CT molecular complexity index is 897. The van der Waals surface area contributed by atoms with Crippen LogP contribution in [0.1, 0.15) is 17.3 Å². The van der Waals surface area contributed by atoms with Crippen molar-refractivity contribution in [3.8, 4) is 11.6 Å². The lowest BCUT2D eigenvalue weighted by Gasteiger charge is -2.17. The number of carbonyl (C=O) groups excluding carboxylic acids is 1. The number of pyridine rings is 1. The molecule has 1 amide bonds. The van der Waals surface area contributed by atoms with Crippen LogP contribution < -0.4 is 14.8 Å². The monoisotopic (exact) mass is 379 g/mol. The highest BCUT2D eigenvalue weighted by atomic mass is 32.2. The highest BCUT2D eigenvalue weighted by Crippen LogP contribution is 2.29. The molecule has 0 aliphatic heterocycles. The van der Waals surface area contributed by atoms with Gasteiger partial charge in [-0.1, -0.05) is 0 Å². The molecule has 1 aromatic heterocycles. The second-order valence-electron chi connectivity index (χ2n) is 5.40. The van der Waals surface area contributed by atoms with E-state index in [2.05, 4.69) is 10.3 Å². The van der Waals surface area contributed by atoms with Crippen molar-refractivity contribution in [1.82, 2.24) is 9.29 Å². The molecule has 1 heterocycles. The number of anilines is 1. The SMILES string of the molecule is CCOc1ccc(NC(=O)c2cccnc2OC)cc1S(=O)(=O)N(C)C. The molecule has 0 atom stereocenters. The van der Waals surface area contributed by atoms with Gasteiger partial charge in [0.05, 0.1) is 13.7 Å². The van der Waals surface area contributed by atoms with Gasteiger partial charge < -0.3 is 14.8 Å². The molecule has 2 rings (SSSR count). The number of nitrogens with zero attached hydrogens (tertiary/aromatic N) is 2. The van der Waals surface area contributed by atoms with Crippen LogP contribution in [-0.2, 0) is 10.0 Å². The zero-order valence-corrected chi connectivity index (χ0v) is 15.8. The van der Waals surface area contributed by atoms with E-state index in [1.165, 1.54) is 39.5 Å². The topological polar surface area (TPSA) is 97.8 Å². The molecule has 0 bridgehead atoms. The van der Waals surface area contributed by atoms with Crippen LogP contribution in [0.15, 0.2) is 41.4 Å². The van der Waals surface area contributed by atoms with Gasteiger partial charge in [-0.15, -0.1) is 0 Å². The Balaban J connectivity index is 2.41. The molecule has 26 heavy (non-hydrogen) atoms. The smallest absolute Gasteiger partial charge is 0.261 e. The third-order valence-electron chi connectivity index (χ3n) is 3.47. The Kier molecular flexibility index (Phi) is 6.17. The number of aromatic nitrogens is 1. The van der Waals surface area contributed by atoms with Crippen molar-refractivity contribution in [2.75, 3.05) is 33.1 Å². The molecule has 140 valence electrons. The first kappa shape index (κ1) is 19.7. The van der Waals surface area contributed by atoms with Gasteiger partial charge in [0.25, 0.3) is 5.91 Å². The predicted molar refractivity (Wildman–Crippen MR) is 97.2 cm³/mol. The van der Waals surface area contributed by atoms with E-state index >= 15 is 0 Å². The molecule has 0 aliphatic carbocycles. The number of nitrogens with one attached hydrogen (secondary N) is 1. The maximum absolute atomic E-state index is 12.5. The molecule has 0 saturated carbocycles. The van der Waals surface area contributed by atoms with E-state index in [1.54, 1.807) is 25.1 Å². The molecular formula is C17H21N3O5S. The molecule has 2 aromatic rings. The maximum atomic E-state index is 12.5. The normalized spacial score (nSPS) is 11.3. The van der Waals surface area contributed by atoms with Crippen LogP contribution >= 0.6 is 0 Å². The molecule has 0 fully saturated rings. The van der Waals surface area contributed by atoms with E-state index in [4.69, 9.17) is 9.47 Å². The van der Waals surface area contributed by atoms with Crippen molar-refractivity contribution in [3.63, 3.8) is 0 Å². The number of benzene rings is 1. The highest BCUT2D eigenvalue weighted by molar-refractivity contribution is 7.89. The first-order valence-corrected chi connectivity index (χ1v) is 9.25. The molecule has 9 heteroatoms. The Morgan fingerprint density at radius 2 is 2.00 bits per heavy atom. The van der Waals surface area contributed by atoms with Crippen molar-refractivity contribution in [1.29, 1.82) is 0 Å². The standard InChI is InChI=1S/C17H21N3O5S/c1-5-25-14-9-8-12(11-15(14)26(22,23)20(2)3)19-16(21)13-7-6-10-18-17(13)24-4/h6-11H,5H2,1-4H3,(H,19,21). The summed E-state index contributed by atoms with van der Waals surface area (Å²) in [6.07, 6.45) is 1.51. The Morgan fingerprint density at radius 1 is 1.27 bits per heavy atom. The summed E-state index contributed by atoms with van der Waals surface area (Å²) in [6.45, 7) is 2.07. The fourth-order valence-corrected chi connectivity index (χ4v) is 3.23. The van der Waals surface area contributed by atoms with Gasteiger partial charge in [0.15, 0.2) is 0 Å². The summed E-state index contributed by atoms with van der Waals surface area (Å²) in [5.74, 6) is -0.0671. The molecule has 0 spiro atoms. The van der Waals surface area contributed by atoms with E-state index in [0.29, 0.717) is 12.3 Å². The van der Waals surface area contributed by atoms with Gasteiger partial charge in [0.1, 0.15) is 16.2 Å². The second-order valence-corrected chi connectivity index (χ2v) is 7.52. The number of carbonyl (C=O) groups is 1. The summed E-state index contributed by atoms with van der Waals surface area (Å²) in [4.78, 5) is 16.4. The molecular weight excluding hydrogens is 358 g/mol. The van der Waals surface area contributed by atoms with Gasteiger partial charge >= 0.3 is 0 Å². The van der Waals surface area contributed by atoms with Gasteiger partial charge in [-0.2, -0.15) is 0 Å². The lowest BCUT2D eigenvalue weighted by Crippen LogP contribution is -2.23. The van der Waals surface area contributed by atoms with Crippen LogP contribution in [0.25, 0.3) is 0 Å². The number of hydrogen-bond donors (Lipinski definition) is 1. The van der Waals surface area contributed by atoms with E-state index in [-0.39, 0.29) is 22.1 Å². The van der Waals surface area contributed by atoms with E-state index in [9.17, 15) is 13.2 Å². The zero-order chi connectivity index (χ0) is 19.3. The zero-order valence-electron chi connectivity index (χ0n) is 15.0. The number of amides is 1. The van der Waals surface area contributed by atoms with E-state index in [1.807, 2.05) is 0 Å². The minimum absolute atomic E-state index is 0.0275. The quantitative estimate of drug-likeness (QED) is 0.790. The number of ether oxygens (including phenoxy) is 2. The van der Waals surface area contributed by atoms with Crippen molar-refractivity contribution in [2.45, 2.75) is 11.8 Å². The summed E-state index contributed by atoms with van der Waals surface area (Å²) in [5, 5.41) is 2.66. The minimum atomic E-state index is -3.75. The minimum Gasteiger partial charge on any atom is -0.492 e. The molecule has 1 aromatic carbocycles. The first-order valence-electron chi connectivity index (χ1n) is 7.81. The summed E-state index contributed by atoms with van der Waals surface area (Å²) in [6, 6.07) is 7.61. The van der Waals surface area contributed by atoms with Crippen molar-refractivity contribution < 1.29 is 22.7 Å². The number of methoxy groups -OCH3 is 1. The van der Waals surface area contributed by atoms with E-state index < -0.39 is 15.9 Å². The highest BCUT2D eigenvalue weighted by Gasteiger charge is 2.23. The summed E-state index contributed by atoms with van der Waals surface area (Å²) < 4.78 is 36.6. The first-order chi connectivity index (χ1) is 12.3. The number of hydrogen-bond acceptors (Lipinski definition) is 6. The number of rotatable bonds is 7. The molecule has 1 N–H and O–H groups in total. The average molecular weight is 379 g/mol. The van der Waals surface area contributed by atoms with Crippen molar-refractivity contribution in [2.24, 2.45) is 0 Å². The fraction of sp³-hybridized carbons (Fsp3) is 0.294. The van der Waals surface area contributed by atoms with Gasteiger partial charge in [-0.25, -0.2) is 17.7 Å². The summed E-state index contributed by atoms with van der Waals surface area (Å²) >= 11 is 0. The molecule has 0 saturated heterocycles. The second kappa shape index (κ2) is 8.15. The third-order valence-corrected chi connectivity index (χ3v) is 5.31. The van der Waals surface area contributed by atoms with Gasteiger partial charge in [-0.3, -0.25) is 4.79 Å². The van der Waals surface area contributed by atoms with Crippen LogP contribution in [0.2, 0.25) is 0 Å². The van der Waals surface area contributed by atoms with Gasteiger partial charge in [-0.05, 0) is 37.3 Å². The molecule has 0 aliphatic rings. The number of sulfonamides is 1. The third kappa shape index (κ3) is 4.12. The average Bonchev–Trinajstić information content (AvgIpc) is 2.62. The lowest BCUT2D eigenvalue weighted by molar-refractivity contribution is 0.102. The van der Waals surface area contributed by atoms with Crippen LogP contribution in [-0.4, -0.2) is 51.4 Å². The molecule has 0 radical (unpaired) electrons. The summed E-state index contributed by atoms with van der Waals surface area (Å²) in [7, 11) is 0.524. The van der Waals surface area contributed by atoms with Gasteiger partial charge in [0, 0.05) is 26.0 Å². The van der Waals surface area contributed by atoms with Crippen LogP contribution in [0.3, 0.4) is 0 Å².